The summed E-state index contributed by atoms with van der Waals surface area (Å²) in [5, 5.41) is 9.42. The molecule has 0 amide bonds. The predicted molar refractivity (Wildman–Crippen MR) is 276 cm³/mol. The lowest BCUT2D eigenvalue weighted by atomic mass is 9.88. The number of ether oxygens (including phenoxy) is 2. The Morgan fingerprint density at radius 3 is 0.952 bits per heavy atom. The maximum atomic E-state index is 5.55. The Labute approximate surface area is 374 Å². The molecule has 0 atom stereocenters. The van der Waals surface area contributed by atoms with Crippen LogP contribution in [0, 0.1) is 22.9 Å². The molecule has 0 aliphatic heterocycles. The summed E-state index contributed by atoms with van der Waals surface area (Å²) in [5.74, 6) is 9.80. The molecule has 0 saturated carbocycles. The average Bonchev–Trinajstić information content (AvgIpc) is 3.25. The monoisotopic (exact) mass is 850 g/mol. The first-order valence-electron chi connectivity index (χ1n) is 22.8. The Bertz CT molecular complexity index is 2680. The van der Waals surface area contributed by atoms with Crippen LogP contribution in [0.5, 0.6) is 11.5 Å². The van der Waals surface area contributed by atoms with E-state index in [1.54, 1.807) is 14.2 Å². The smallest absolute Gasteiger partial charge is 0.146 e. The molecule has 7 aromatic rings. The topological polar surface area (TPSA) is 18.5 Å². The Hall–Kier alpha value is -5.27. The van der Waals surface area contributed by atoms with Crippen LogP contribution in [0.15, 0.2) is 109 Å². The van der Waals surface area contributed by atoms with Crippen molar-refractivity contribution in [1.82, 2.24) is 0 Å². The predicted octanol–water partition coefficient (Wildman–Crippen LogP) is 16.8. The second kappa shape index (κ2) is 17.8. The van der Waals surface area contributed by atoms with Crippen molar-refractivity contribution >= 4 is 59.2 Å². The largest absolute Gasteiger partial charge is 0.497 e. The zero-order valence-electron chi connectivity index (χ0n) is 39.7. The van der Waals surface area contributed by atoms with Crippen molar-refractivity contribution in [2.45, 2.75) is 116 Å². The Balaban J connectivity index is 1.60. The molecular weight excluding hydrogens is 785 g/mol. The number of benzene rings is 7. The molecule has 318 valence electrons. The highest BCUT2D eigenvalue weighted by Gasteiger charge is 2.43. The Morgan fingerprint density at radius 1 is 0.339 bits per heavy atom. The fourth-order valence-corrected chi connectivity index (χ4v) is 21.5. The van der Waals surface area contributed by atoms with Gasteiger partial charge in [0.2, 0.25) is 0 Å². The Morgan fingerprint density at radius 2 is 0.629 bits per heavy atom. The zero-order valence-corrected chi connectivity index (χ0v) is 41.7. The number of hydrogen-bond acceptors (Lipinski definition) is 2. The fraction of sp³-hybridized carbons (Fsp3) is 0.345. The molecule has 0 N–H and O–H groups in total. The molecule has 0 saturated heterocycles. The fourth-order valence-electron chi connectivity index (χ4n) is 11.1. The summed E-state index contributed by atoms with van der Waals surface area (Å²) in [6.07, 6.45) is 0. The zero-order chi connectivity index (χ0) is 44.7. The number of rotatable bonds is 10. The van der Waals surface area contributed by atoms with Crippen LogP contribution in [-0.2, 0) is 0 Å². The van der Waals surface area contributed by atoms with Crippen LogP contribution in [0.4, 0.5) is 0 Å². The molecule has 4 heteroatoms. The molecule has 0 bridgehead atoms. The highest BCUT2D eigenvalue weighted by Crippen LogP contribution is 2.44. The maximum absolute atomic E-state index is 5.55. The maximum Gasteiger partial charge on any atom is 0.146 e. The van der Waals surface area contributed by atoms with Gasteiger partial charge in [-0.3, -0.25) is 0 Å². The van der Waals surface area contributed by atoms with E-state index in [4.69, 9.17) is 9.47 Å². The van der Waals surface area contributed by atoms with Gasteiger partial charge in [-0.25, -0.2) is 0 Å². The molecule has 0 fully saturated rings. The molecule has 0 aliphatic rings. The van der Waals surface area contributed by atoms with Crippen molar-refractivity contribution in [2.75, 3.05) is 14.2 Å². The molecule has 2 nitrogen and oxygen atoms in total. The normalized spacial score (nSPS) is 12.3. The molecule has 0 heterocycles. The van der Waals surface area contributed by atoms with Crippen LogP contribution in [-0.4, -0.2) is 30.4 Å². The summed E-state index contributed by atoms with van der Waals surface area (Å²) in [5.41, 5.74) is 18.4. The summed E-state index contributed by atoms with van der Waals surface area (Å²) >= 11 is 0. The van der Waals surface area contributed by atoms with Gasteiger partial charge >= 0.3 is 0 Å². The van der Waals surface area contributed by atoms with Crippen LogP contribution >= 0.6 is 0 Å². The van der Waals surface area contributed by atoms with E-state index < -0.39 is 16.1 Å². The standard InChI is InChI=1S/C58H66O2Si2/c1-37(2)61(38(3)4,39(5)6)29-27-55-53-25-21-50(44-16-18-48-34-52(60-14)24-20-46(48)32-44)36-58(53)56(28-30-62(40(7)8,41(9)10)42(11)12)54-26-22-49(35-57(54)55)43-15-17-47-33-51(59-13)23-19-45(47)31-43/h15-26,31-42H,1-14H3. The van der Waals surface area contributed by atoms with Gasteiger partial charge in [-0.1, -0.05) is 156 Å². The molecule has 0 radical (unpaired) electrons. The first-order valence-corrected chi connectivity index (χ1v) is 27.3. The second-order valence-electron chi connectivity index (χ2n) is 19.4. The van der Waals surface area contributed by atoms with Crippen LogP contribution < -0.4 is 9.47 Å². The van der Waals surface area contributed by atoms with Gasteiger partial charge in [-0.2, -0.15) is 0 Å². The second-order valence-corrected chi connectivity index (χ2v) is 30.6. The molecule has 0 spiro atoms. The van der Waals surface area contributed by atoms with Crippen LogP contribution in [0.25, 0.3) is 65.3 Å². The third-order valence-electron chi connectivity index (χ3n) is 14.4. The first kappa shape index (κ1) is 44.8. The van der Waals surface area contributed by atoms with Gasteiger partial charge in [0.15, 0.2) is 0 Å². The van der Waals surface area contributed by atoms with Gasteiger partial charge in [0.1, 0.15) is 27.6 Å². The van der Waals surface area contributed by atoms with E-state index in [-0.39, 0.29) is 0 Å². The van der Waals surface area contributed by atoms with E-state index in [0.29, 0.717) is 33.2 Å². The SMILES string of the molecule is COc1ccc2cc(-c3ccc4c(C#C[Si](C(C)C)(C(C)C)C(C)C)c5cc(-c6ccc7cc(OC)ccc7c6)ccc5c(C#C[Si](C(C)C)(C(C)C)C(C)C)c4c3)ccc2c1. The number of fused-ring (bicyclic) bond motifs is 4. The molecule has 7 rings (SSSR count). The van der Waals surface area contributed by atoms with Gasteiger partial charge in [0, 0.05) is 11.1 Å². The summed E-state index contributed by atoms with van der Waals surface area (Å²) in [6, 6.07) is 40.2. The molecule has 0 aliphatic carbocycles. The molecule has 62 heavy (non-hydrogen) atoms. The van der Waals surface area contributed by atoms with Crippen molar-refractivity contribution < 1.29 is 9.47 Å². The van der Waals surface area contributed by atoms with E-state index >= 15 is 0 Å². The number of methoxy groups -OCH3 is 2. The van der Waals surface area contributed by atoms with Crippen LogP contribution in [0.3, 0.4) is 0 Å². The lowest BCUT2D eigenvalue weighted by molar-refractivity contribution is 0.415. The summed E-state index contributed by atoms with van der Waals surface area (Å²) in [4.78, 5) is 0. The van der Waals surface area contributed by atoms with E-state index in [1.807, 2.05) is 12.1 Å². The van der Waals surface area contributed by atoms with Gasteiger partial charge in [0.25, 0.3) is 0 Å². The quantitative estimate of drug-likeness (QED) is 0.0775. The minimum Gasteiger partial charge on any atom is -0.497 e. The lowest BCUT2D eigenvalue weighted by Gasteiger charge is -2.38. The third kappa shape index (κ3) is 7.98. The number of hydrogen-bond donors (Lipinski definition) is 0. The molecule has 0 aromatic heterocycles. The minimum absolute atomic E-state index is 0.519. The lowest BCUT2D eigenvalue weighted by Crippen LogP contribution is -2.43. The first-order chi connectivity index (χ1) is 29.5. The van der Waals surface area contributed by atoms with Crippen LogP contribution in [0.1, 0.15) is 94.2 Å². The summed E-state index contributed by atoms with van der Waals surface area (Å²) < 4.78 is 11.1. The van der Waals surface area contributed by atoms with Gasteiger partial charge in [-0.05, 0) is 147 Å². The third-order valence-corrected chi connectivity index (χ3v) is 27.0. The van der Waals surface area contributed by atoms with Crippen molar-refractivity contribution in [3.63, 3.8) is 0 Å². The average molecular weight is 851 g/mol. The van der Waals surface area contributed by atoms with E-state index in [1.165, 1.54) is 54.6 Å². The van der Waals surface area contributed by atoms with Crippen molar-refractivity contribution in [1.29, 1.82) is 0 Å². The van der Waals surface area contributed by atoms with Gasteiger partial charge < -0.3 is 9.47 Å². The van der Waals surface area contributed by atoms with Gasteiger partial charge in [0.05, 0.1) is 14.2 Å². The van der Waals surface area contributed by atoms with Crippen molar-refractivity contribution in [3.8, 4) is 56.7 Å². The van der Waals surface area contributed by atoms with E-state index in [2.05, 4.69) is 203 Å². The van der Waals surface area contributed by atoms with E-state index in [9.17, 15) is 0 Å². The highest BCUT2D eigenvalue weighted by atomic mass is 28.3. The highest BCUT2D eigenvalue weighted by molar-refractivity contribution is 6.91. The minimum atomic E-state index is -2.09. The molecule has 0 unspecified atom stereocenters. The van der Waals surface area contributed by atoms with E-state index in [0.717, 1.165) is 33.4 Å². The van der Waals surface area contributed by atoms with Crippen LogP contribution in [0.2, 0.25) is 33.2 Å². The Kier molecular flexibility index (Phi) is 12.9. The van der Waals surface area contributed by atoms with Crippen molar-refractivity contribution in [2.24, 2.45) is 0 Å². The summed E-state index contributed by atoms with van der Waals surface area (Å²) in [6.45, 7) is 28.9. The van der Waals surface area contributed by atoms with Crippen molar-refractivity contribution in [3.05, 3.63) is 120 Å². The van der Waals surface area contributed by atoms with Gasteiger partial charge in [-0.15, -0.1) is 11.1 Å². The summed E-state index contributed by atoms with van der Waals surface area (Å²) in [7, 11) is -0.735. The molecule has 7 aromatic carbocycles. The molecular formula is C58H66O2Si2.